The van der Waals surface area contributed by atoms with Crippen molar-refractivity contribution in [2.45, 2.75) is 57.7 Å². The van der Waals surface area contributed by atoms with E-state index >= 15 is 0 Å². The van der Waals surface area contributed by atoms with Gasteiger partial charge in [0.05, 0.1) is 12.7 Å². The number of carbonyl (C=O) groups excluding carboxylic acids is 1. The number of hydrogen-bond acceptors (Lipinski definition) is 4. The van der Waals surface area contributed by atoms with Crippen LogP contribution in [0.2, 0.25) is 5.02 Å². The number of rotatable bonds is 1. The van der Waals surface area contributed by atoms with Crippen molar-refractivity contribution in [3.63, 3.8) is 0 Å². The second-order valence-corrected chi connectivity index (χ2v) is 11.3. The molecule has 1 spiro atoms. The zero-order valence-electron chi connectivity index (χ0n) is 19.0. The number of hydrogen-bond donors (Lipinski definition) is 0. The van der Waals surface area contributed by atoms with E-state index in [0.717, 1.165) is 81.2 Å². The number of fused-ring (bicyclic) bond motifs is 3. The van der Waals surface area contributed by atoms with E-state index < -0.39 is 0 Å². The van der Waals surface area contributed by atoms with Crippen LogP contribution < -0.4 is 4.74 Å². The van der Waals surface area contributed by atoms with E-state index in [1.165, 1.54) is 0 Å². The Morgan fingerprint density at radius 2 is 1.84 bits per heavy atom. The molecule has 4 heterocycles. The minimum atomic E-state index is -0.292. The molecule has 2 atom stereocenters. The SMILES string of the molecule is CN1CCC(C(=O)N2CCC3(CC2)CO[C@@H]2c4cc(Cl)ccc4OC(C)(C)[C@H]2C3)CC1. The van der Waals surface area contributed by atoms with E-state index in [1.807, 2.05) is 18.2 Å². The fourth-order valence-electron chi connectivity index (χ4n) is 6.19. The average molecular weight is 447 g/mol. The van der Waals surface area contributed by atoms with Crippen LogP contribution in [0, 0.1) is 17.3 Å². The molecule has 170 valence electrons. The third-order valence-corrected chi connectivity index (χ3v) is 8.57. The van der Waals surface area contributed by atoms with Crippen LogP contribution >= 0.6 is 11.6 Å². The Balaban J connectivity index is 1.27. The van der Waals surface area contributed by atoms with E-state index in [-0.39, 0.29) is 29.0 Å². The Morgan fingerprint density at radius 3 is 2.55 bits per heavy atom. The Hall–Kier alpha value is -1.30. The minimum Gasteiger partial charge on any atom is -0.487 e. The molecule has 0 unspecified atom stereocenters. The summed E-state index contributed by atoms with van der Waals surface area (Å²) in [6.07, 6.45) is 5.14. The van der Waals surface area contributed by atoms with Crippen LogP contribution in [0.4, 0.5) is 0 Å². The number of halogens is 1. The molecule has 0 bridgehead atoms. The number of benzene rings is 1. The van der Waals surface area contributed by atoms with Crippen molar-refractivity contribution in [3.8, 4) is 5.75 Å². The smallest absolute Gasteiger partial charge is 0.225 e. The molecule has 1 aromatic rings. The first-order chi connectivity index (χ1) is 14.8. The second kappa shape index (κ2) is 7.93. The van der Waals surface area contributed by atoms with Gasteiger partial charge in [0.25, 0.3) is 0 Å². The fraction of sp³-hybridized carbons (Fsp3) is 0.720. The van der Waals surface area contributed by atoms with Crippen LogP contribution in [-0.4, -0.2) is 61.1 Å². The van der Waals surface area contributed by atoms with Gasteiger partial charge >= 0.3 is 0 Å². The van der Waals surface area contributed by atoms with Gasteiger partial charge < -0.3 is 19.3 Å². The van der Waals surface area contributed by atoms with E-state index in [2.05, 4.69) is 30.7 Å². The molecule has 1 amide bonds. The first-order valence-corrected chi connectivity index (χ1v) is 12.2. The molecule has 5 rings (SSSR count). The molecule has 4 aliphatic rings. The third kappa shape index (κ3) is 3.98. The number of nitrogens with zero attached hydrogens (tertiary/aromatic N) is 2. The molecule has 0 N–H and O–H groups in total. The van der Waals surface area contributed by atoms with Crippen LogP contribution in [0.5, 0.6) is 5.75 Å². The monoisotopic (exact) mass is 446 g/mol. The molecule has 1 aromatic carbocycles. The first kappa shape index (κ1) is 21.5. The summed E-state index contributed by atoms with van der Waals surface area (Å²) < 4.78 is 13.0. The van der Waals surface area contributed by atoms with Crippen LogP contribution in [0.25, 0.3) is 0 Å². The number of ether oxygens (including phenoxy) is 2. The molecule has 0 aliphatic carbocycles. The highest BCUT2D eigenvalue weighted by atomic mass is 35.5. The number of carbonyl (C=O) groups is 1. The lowest BCUT2D eigenvalue weighted by Gasteiger charge is -2.54. The van der Waals surface area contributed by atoms with Crippen molar-refractivity contribution in [3.05, 3.63) is 28.8 Å². The van der Waals surface area contributed by atoms with E-state index in [0.29, 0.717) is 5.91 Å². The second-order valence-electron chi connectivity index (χ2n) is 10.8. The summed E-state index contributed by atoms with van der Waals surface area (Å²) in [7, 11) is 2.14. The quantitative estimate of drug-likeness (QED) is 0.635. The first-order valence-electron chi connectivity index (χ1n) is 11.8. The predicted octanol–water partition coefficient (Wildman–Crippen LogP) is 4.54. The zero-order valence-corrected chi connectivity index (χ0v) is 19.8. The molecule has 0 aromatic heterocycles. The van der Waals surface area contributed by atoms with E-state index in [1.54, 1.807) is 0 Å². The maximum Gasteiger partial charge on any atom is 0.225 e. The lowest BCUT2D eigenvalue weighted by atomic mass is 9.64. The highest BCUT2D eigenvalue weighted by molar-refractivity contribution is 6.30. The standard InChI is InChI=1S/C25H35ClN2O3/c1-24(2)20-15-25(16-30-22(20)19-14-18(26)4-5-21(19)31-24)8-12-28(13-9-25)23(29)17-6-10-27(3)11-7-17/h4-5,14,17,20,22H,6-13,15-16H2,1-3H3/t20-,22+/m0/s1. The van der Waals surface area contributed by atoms with Crippen molar-refractivity contribution in [1.82, 2.24) is 9.80 Å². The van der Waals surface area contributed by atoms with Gasteiger partial charge in [-0.3, -0.25) is 4.79 Å². The molecule has 31 heavy (non-hydrogen) atoms. The van der Waals surface area contributed by atoms with Gasteiger partial charge in [-0.15, -0.1) is 0 Å². The van der Waals surface area contributed by atoms with Crippen LogP contribution in [0.3, 0.4) is 0 Å². The van der Waals surface area contributed by atoms with Gasteiger partial charge in [-0.05, 0) is 89.7 Å². The summed E-state index contributed by atoms with van der Waals surface area (Å²) in [5.74, 6) is 1.76. The molecule has 5 nitrogen and oxygen atoms in total. The predicted molar refractivity (Wildman–Crippen MR) is 121 cm³/mol. The lowest BCUT2D eigenvalue weighted by molar-refractivity contribution is -0.177. The third-order valence-electron chi connectivity index (χ3n) is 8.34. The van der Waals surface area contributed by atoms with Crippen molar-refractivity contribution >= 4 is 17.5 Å². The molecule has 6 heteroatoms. The Kier molecular flexibility index (Phi) is 5.51. The Labute approximate surface area is 191 Å². The van der Waals surface area contributed by atoms with Crippen LogP contribution in [0.15, 0.2) is 18.2 Å². The molecule has 0 radical (unpaired) electrons. The van der Waals surface area contributed by atoms with Gasteiger partial charge in [-0.25, -0.2) is 0 Å². The summed E-state index contributed by atoms with van der Waals surface area (Å²) in [4.78, 5) is 17.5. The summed E-state index contributed by atoms with van der Waals surface area (Å²) in [6, 6.07) is 5.86. The molecule has 4 aliphatic heterocycles. The van der Waals surface area contributed by atoms with Gasteiger partial charge in [0.15, 0.2) is 0 Å². The number of amides is 1. The highest BCUT2D eigenvalue weighted by Gasteiger charge is 2.53. The van der Waals surface area contributed by atoms with Gasteiger partial charge in [0, 0.05) is 35.5 Å². The summed E-state index contributed by atoms with van der Waals surface area (Å²) in [5.41, 5.74) is 0.933. The Morgan fingerprint density at radius 1 is 1.13 bits per heavy atom. The Bertz CT molecular complexity index is 841. The largest absolute Gasteiger partial charge is 0.487 e. The number of likely N-dealkylation sites (tertiary alicyclic amines) is 2. The maximum atomic E-state index is 13.1. The van der Waals surface area contributed by atoms with Gasteiger partial charge in [-0.2, -0.15) is 0 Å². The van der Waals surface area contributed by atoms with Crippen LogP contribution in [0.1, 0.15) is 57.6 Å². The highest BCUT2D eigenvalue weighted by Crippen LogP contribution is 2.55. The molecule has 3 fully saturated rings. The summed E-state index contributed by atoms with van der Waals surface area (Å²) in [6.45, 7) is 8.90. The van der Waals surface area contributed by atoms with E-state index in [9.17, 15) is 4.79 Å². The van der Waals surface area contributed by atoms with Crippen LogP contribution in [-0.2, 0) is 9.53 Å². The van der Waals surface area contributed by atoms with Crippen molar-refractivity contribution < 1.29 is 14.3 Å². The van der Waals surface area contributed by atoms with Gasteiger partial charge in [0.1, 0.15) is 11.4 Å². The van der Waals surface area contributed by atoms with Gasteiger partial charge in [-0.1, -0.05) is 11.6 Å². The summed E-state index contributed by atoms with van der Waals surface area (Å²) in [5, 5.41) is 0.727. The average Bonchev–Trinajstić information content (AvgIpc) is 2.75. The zero-order chi connectivity index (χ0) is 21.8. The lowest BCUT2D eigenvalue weighted by Crippen LogP contribution is -2.55. The van der Waals surface area contributed by atoms with Crippen molar-refractivity contribution in [2.75, 3.05) is 39.8 Å². The molecule has 0 saturated carbocycles. The van der Waals surface area contributed by atoms with Crippen molar-refractivity contribution in [1.29, 1.82) is 0 Å². The van der Waals surface area contributed by atoms with Gasteiger partial charge in [0.2, 0.25) is 5.91 Å². The van der Waals surface area contributed by atoms with Crippen molar-refractivity contribution in [2.24, 2.45) is 17.3 Å². The maximum absolute atomic E-state index is 13.1. The number of piperidine rings is 2. The molecular weight excluding hydrogens is 412 g/mol. The molecule has 3 saturated heterocycles. The fourth-order valence-corrected chi connectivity index (χ4v) is 6.37. The molecular formula is C25H35ClN2O3. The minimum absolute atomic E-state index is 0.0296. The summed E-state index contributed by atoms with van der Waals surface area (Å²) >= 11 is 6.29. The normalized spacial score (nSPS) is 30.4. The van der Waals surface area contributed by atoms with E-state index in [4.69, 9.17) is 21.1 Å². The topological polar surface area (TPSA) is 42.0 Å².